The van der Waals surface area contributed by atoms with Crippen LogP contribution in [0.1, 0.15) is 44.3 Å². The Morgan fingerprint density at radius 3 is 2.53 bits per heavy atom. The lowest BCUT2D eigenvalue weighted by atomic mass is 10.0. The van der Waals surface area contributed by atoms with E-state index in [4.69, 9.17) is 27.9 Å². The van der Waals surface area contributed by atoms with E-state index in [2.05, 4.69) is 6.92 Å². The molecular formula is C13H18Cl2O2. The molecule has 1 rings (SSSR count). The van der Waals surface area contributed by atoms with Crippen LogP contribution >= 0.6 is 23.2 Å². The summed E-state index contributed by atoms with van der Waals surface area (Å²) in [6.07, 6.45) is 3.37. The maximum Gasteiger partial charge on any atom is 0.138 e. The first-order chi connectivity index (χ1) is 8.10. The third-order valence-electron chi connectivity index (χ3n) is 2.71. The van der Waals surface area contributed by atoms with Crippen molar-refractivity contribution in [1.29, 1.82) is 0 Å². The Balaban J connectivity index is 2.79. The second-order valence-electron chi connectivity index (χ2n) is 4.02. The smallest absolute Gasteiger partial charge is 0.138 e. The Labute approximate surface area is 113 Å². The van der Waals surface area contributed by atoms with Crippen molar-refractivity contribution >= 4 is 23.2 Å². The molecule has 0 fully saturated rings. The van der Waals surface area contributed by atoms with Gasteiger partial charge in [0.25, 0.3) is 0 Å². The molecule has 0 amide bonds. The number of ether oxygens (including phenoxy) is 1. The highest BCUT2D eigenvalue weighted by atomic mass is 35.5. The molecule has 1 aromatic rings. The number of halogens is 2. The molecule has 0 saturated carbocycles. The van der Waals surface area contributed by atoms with Gasteiger partial charge in [-0.2, -0.15) is 0 Å². The number of hydrogen-bond donors (Lipinski definition) is 1. The lowest BCUT2D eigenvalue weighted by Gasteiger charge is -2.14. The standard InChI is InChI=1S/C13H18Cl2O2/c1-3-4-5-6-12(16)9-7-11(15)13(17-2)8-10(9)14/h7-8,12,16H,3-6H2,1-2H3. The average molecular weight is 277 g/mol. The molecule has 17 heavy (non-hydrogen) atoms. The van der Waals surface area contributed by atoms with Gasteiger partial charge in [0.1, 0.15) is 5.75 Å². The van der Waals surface area contributed by atoms with Crippen molar-refractivity contribution in [3.63, 3.8) is 0 Å². The average Bonchev–Trinajstić information content (AvgIpc) is 2.31. The number of benzene rings is 1. The van der Waals surface area contributed by atoms with Crippen LogP contribution in [-0.4, -0.2) is 12.2 Å². The van der Waals surface area contributed by atoms with E-state index in [9.17, 15) is 5.11 Å². The largest absolute Gasteiger partial charge is 0.495 e. The van der Waals surface area contributed by atoms with Crippen molar-refractivity contribution in [2.24, 2.45) is 0 Å². The van der Waals surface area contributed by atoms with Crippen LogP contribution in [0.25, 0.3) is 0 Å². The van der Waals surface area contributed by atoms with Crippen molar-refractivity contribution in [2.75, 3.05) is 7.11 Å². The van der Waals surface area contributed by atoms with E-state index in [1.165, 1.54) is 7.11 Å². The van der Waals surface area contributed by atoms with Gasteiger partial charge in [0, 0.05) is 11.6 Å². The molecule has 96 valence electrons. The summed E-state index contributed by atoms with van der Waals surface area (Å²) in [6, 6.07) is 3.32. The first kappa shape index (κ1) is 14.6. The monoisotopic (exact) mass is 276 g/mol. The number of methoxy groups -OCH3 is 1. The molecule has 1 atom stereocenters. The van der Waals surface area contributed by atoms with Crippen LogP contribution in [0, 0.1) is 0 Å². The predicted octanol–water partition coefficient (Wildman–Crippen LogP) is 4.62. The summed E-state index contributed by atoms with van der Waals surface area (Å²) >= 11 is 12.1. The summed E-state index contributed by atoms with van der Waals surface area (Å²) in [5.41, 5.74) is 0.675. The molecule has 0 heterocycles. The topological polar surface area (TPSA) is 29.5 Å². The first-order valence-electron chi connectivity index (χ1n) is 5.81. The fraction of sp³-hybridized carbons (Fsp3) is 0.538. The fourth-order valence-electron chi connectivity index (χ4n) is 1.70. The van der Waals surface area contributed by atoms with E-state index in [1.54, 1.807) is 12.1 Å². The second-order valence-corrected chi connectivity index (χ2v) is 4.83. The van der Waals surface area contributed by atoms with E-state index in [0.29, 0.717) is 27.8 Å². The third-order valence-corrected chi connectivity index (χ3v) is 3.33. The van der Waals surface area contributed by atoms with Gasteiger partial charge >= 0.3 is 0 Å². The quantitative estimate of drug-likeness (QED) is 0.769. The highest BCUT2D eigenvalue weighted by molar-refractivity contribution is 6.34. The molecule has 0 radical (unpaired) electrons. The van der Waals surface area contributed by atoms with Gasteiger partial charge in [0.05, 0.1) is 23.3 Å². The van der Waals surface area contributed by atoms with Crippen LogP contribution in [0.2, 0.25) is 10.0 Å². The van der Waals surface area contributed by atoms with Crippen LogP contribution in [0.4, 0.5) is 0 Å². The molecule has 4 heteroatoms. The van der Waals surface area contributed by atoms with Gasteiger partial charge in [-0.1, -0.05) is 49.4 Å². The van der Waals surface area contributed by atoms with Gasteiger partial charge in [0.2, 0.25) is 0 Å². The zero-order chi connectivity index (χ0) is 12.8. The molecule has 0 saturated heterocycles. The molecule has 0 aliphatic rings. The Morgan fingerprint density at radius 1 is 1.24 bits per heavy atom. The Morgan fingerprint density at radius 2 is 1.94 bits per heavy atom. The molecule has 0 spiro atoms. The van der Waals surface area contributed by atoms with E-state index in [0.717, 1.165) is 19.3 Å². The summed E-state index contributed by atoms with van der Waals surface area (Å²) in [6.45, 7) is 2.13. The van der Waals surface area contributed by atoms with Crippen molar-refractivity contribution in [3.8, 4) is 5.75 Å². The Hall–Kier alpha value is -0.440. The second kappa shape index (κ2) is 7.10. The Bertz CT molecular complexity index is 367. The van der Waals surface area contributed by atoms with Gasteiger partial charge in [-0.15, -0.1) is 0 Å². The van der Waals surface area contributed by atoms with Gasteiger partial charge < -0.3 is 9.84 Å². The number of aliphatic hydroxyl groups is 1. The highest BCUT2D eigenvalue weighted by Crippen LogP contribution is 2.35. The van der Waals surface area contributed by atoms with E-state index in [-0.39, 0.29) is 0 Å². The number of aliphatic hydroxyl groups excluding tert-OH is 1. The van der Waals surface area contributed by atoms with Crippen LogP contribution < -0.4 is 4.74 Å². The summed E-state index contributed by atoms with van der Waals surface area (Å²) < 4.78 is 5.06. The van der Waals surface area contributed by atoms with Crippen molar-refractivity contribution in [2.45, 2.75) is 38.7 Å². The number of unbranched alkanes of at least 4 members (excludes halogenated alkanes) is 2. The molecule has 0 bridgehead atoms. The van der Waals surface area contributed by atoms with Gasteiger partial charge in [0.15, 0.2) is 0 Å². The van der Waals surface area contributed by atoms with Gasteiger partial charge in [-0.25, -0.2) is 0 Å². The fourth-order valence-corrected chi connectivity index (χ4v) is 2.23. The summed E-state index contributed by atoms with van der Waals surface area (Å²) in [4.78, 5) is 0. The minimum atomic E-state index is -0.558. The summed E-state index contributed by atoms with van der Waals surface area (Å²) in [5, 5.41) is 11.0. The molecule has 0 aliphatic heterocycles. The Kier molecular flexibility index (Phi) is 6.10. The molecule has 0 aliphatic carbocycles. The van der Waals surface area contributed by atoms with E-state index >= 15 is 0 Å². The molecule has 1 unspecified atom stereocenters. The summed E-state index contributed by atoms with van der Waals surface area (Å²) in [7, 11) is 1.54. The van der Waals surface area contributed by atoms with E-state index in [1.807, 2.05) is 0 Å². The normalized spacial score (nSPS) is 12.5. The van der Waals surface area contributed by atoms with Gasteiger partial charge in [-0.3, -0.25) is 0 Å². The lowest BCUT2D eigenvalue weighted by molar-refractivity contribution is 0.163. The minimum Gasteiger partial charge on any atom is -0.495 e. The van der Waals surface area contributed by atoms with Crippen molar-refractivity contribution in [1.82, 2.24) is 0 Å². The molecular weight excluding hydrogens is 259 g/mol. The van der Waals surface area contributed by atoms with Crippen LogP contribution in [-0.2, 0) is 0 Å². The third kappa shape index (κ3) is 4.06. The van der Waals surface area contributed by atoms with Crippen LogP contribution in [0.5, 0.6) is 5.75 Å². The van der Waals surface area contributed by atoms with Crippen molar-refractivity contribution in [3.05, 3.63) is 27.7 Å². The van der Waals surface area contributed by atoms with Gasteiger partial charge in [-0.05, 0) is 12.5 Å². The first-order valence-corrected chi connectivity index (χ1v) is 6.56. The number of rotatable bonds is 6. The number of hydrogen-bond acceptors (Lipinski definition) is 2. The molecule has 1 aromatic carbocycles. The van der Waals surface area contributed by atoms with Crippen molar-refractivity contribution < 1.29 is 9.84 Å². The zero-order valence-corrected chi connectivity index (χ0v) is 11.7. The maximum absolute atomic E-state index is 10.0. The SMILES string of the molecule is CCCCCC(O)c1cc(Cl)c(OC)cc1Cl. The lowest BCUT2D eigenvalue weighted by Crippen LogP contribution is -1.99. The zero-order valence-electron chi connectivity index (χ0n) is 10.2. The van der Waals surface area contributed by atoms with Crippen LogP contribution in [0.15, 0.2) is 12.1 Å². The van der Waals surface area contributed by atoms with E-state index < -0.39 is 6.10 Å². The molecule has 2 nitrogen and oxygen atoms in total. The predicted molar refractivity (Wildman–Crippen MR) is 72.1 cm³/mol. The molecule has 0 aromatic heterocycles. The maximum atomic E-state index is 10.0. The van der Waals surface area contributed by atoms with Crippen LogP contribution in [0.3, 0.4) is 0 Å². The highest BCUT2D eigenvalue weighted by Gasteiger charge is 2.14. The summed E-state index contributed by atoms with van der Waals surface area (Å²) in [5.74, 6) is 0.529. The molecule has 1 N–H and O–H groups in total. The minimum absolute atomic E-state index is 0.474.